The molecule has 0 fully saturated rings. The second-order valence-electron chi connectivity index (χ2n) is 9.63. The van der Waals surface area contributed by atoms with Gasteiger partial charge in [0, 0.05) is 13.2 Å². The molecule has 8 heteroatoms. The second kappa shape index (κ2) is 22.0. The third-order valence-electron chi connectivity index (χ3n) is 5.80. The van der Waals surface area contributed by atoms with E-state index < -0.39 is 13.7 Å². The average Bonchev–Trinajstić information content (AvgIpc) is 2.77. The number of rotatable bonds is 25. The molecular weight excluding hydrogens is 441 g/mol. The lowest BCUT2D eigenvalue weighted by Crippen LogP contribution is -2.26. The standard InChI is InChI=1S/C25H52NO6P/c1-5-6-7-8-9-10-11-12-13-14-15-16-17-24(2)20-30-21-25(31-23-27)22-32-33(28,29)19-18-26(3)4/h23-25H,5-22H2,1-4H3,(H,28,29). The molecule has 3 unspecified atom stereocenters. The minimum Gasteiger partial charge on any atom is -0.460 e. The number of nitrogens with zero attached hydrogens (tertiary/aromatic N) is 1. The highest BCUT2D eigenvalue weighted by Crippen LogP contribution is 2.41. The Morgan fingerprint density at radius 3 is 1.94 bits per heavy atom. The molecule has 7 nitrogen and oxygen atoms in total. The predicted molar refractivity (Wildman–Crippen MR) is 136 cm³/mol. The van der Waals surface area contributed by atoms with Crippen molar-refractivity contribution in [2.45, 2.75) is 103 Å². The van der Waals surface area contributed by atoms with Crippen molar-refractivity contribution in [3.8, 4) is 0 Å². The van der Waals surface area contributed by atoms with Gasteiger partial charge in [-0.05, 0) is 26.4 Å². The summed E-state index contributed by atoms with van der Waals surface area (Å²) >= 11 is 0. The summed E-state index contributed by atoms with van der Waals surface area (Å²) in [5.74, 6) is 0.426. The zero-order chi connectivity index (χ0) is 24.8. The Balaban J connectivity index is 3.74. The molecule has 0 aromatic heterocycles. The van der Waals surface area contributed by atoms with Gasteiger partial charge in [0.2, 0.25) is 0 Å². The van der Waals surface area contributed by atoms with E-state index in [9.17, 15) is 14.3 Å². The molecule has 33 heavy (non-hydrogen) atoms. The lowest BCUT2D eigenvalue weighted by Gasteiger charge is -2.20. The number of hydrogen-bond acceptors (Lipinski definition) is 6. The van der Waals surface area contributed by atoms with Gasteiger partial charge < -0.3 is 23.8 Å². The smallest absolute Gasteiger partial charge is 0.329 e. The largest absolute Gasteiger partial charge is 0.460 e. The fourth-order valence-electron chi connectivity index (χ4n) is 3.61. The van der Waals surface area contributed by atoms with Gasteiger partial charge in [0.05, 0.1) is 19.4 Å². The first kappa shape index (κ1) is 32.5. The van der Waals surface area contributed by atoms with Gasteiger partial charge >= 0.3 is 7.60 Å². The summed E-state index contributed by atoms with van der Waals surface area (Å²) in [5, 5.41) is 0. The molecule has 0 amide bonds. The third kappa shape index (κ3) is 23.1. The van der Waals surface area contributed by atoms with Crippen molar-refractivity contribution >= 4 is 14.1 Å². The molecule has 0 heterocycles. The van der Waals surface area contributed by atoms with Crippen LogP contribution in [0.1, 0.15) is 97.3 Å². The van der Waals surface area contributed by atoms with Crippen LogP contribution in [0.4, 0.5) is 0 Å². The van der Waals surface area contributed by atoms with Crippen molar-refractivity contribution in [1.29, 1.82) is 0 Å². The Hall–Kier alpha value is -0.460. The van der Waals surface area contributed by atoms with Gasteiger partial charge in [-0.3, -0.25) is 9.36 Å². The molecule has 0 aliphatic heterocycles. The molecular formula is C25H52NO6P. The monoisotopic (exact) mass is 493 g/mol. The highest BCUT2D eigenvalue weighted by atomic mass is 31.2. The van der Waals surface area contributed by atoms with E-state index in [1.54, 1.807) is 0 Å². The maximum Gasteiger partial charge on any atom is 0.329 e. The van der Waals surface area contributed by atoms with Crippen molar-refractivity contribution in [3.05, 3.63) is 0 Å². The van der Waals surface area contributed by atoms with Crippen molar-refractivity contribution in [2.75, 3.05) is 46.6 Å². The van der Waals surface area contributed by atoms with Gasteiger partial charge in [0.25, 0.3) is 6.47 Å². The molecule has 0 aliphatic carbocycles. The van der Waals surface area contributed by atoms with E-state index in [-0.39, 0.29) is 19.4 Å². The zero-order valence-corrected chi connectivity index (χ0v) is 22.7. The topological polar surface area (TPSA) is 85.3 Å². The van der Waals surface area contributed by atoms with Crippen LogP contribution in [0.25, 0.3) is 0 Å². The Morgan fingerprint density at radius 2 is 1.42 bits per heavy atom. The lowest BCUT2D eigenvalue weighted by atomic mass is 10.0. The zero-order valence-electron chi connectivity index (χ0n) is 21.8. The van der Waals surface area contributed by atoms with Crippen molar-refractivity contribution in [2.24, 2.45) is 5.92 Å². The maximum absolute atomic E-state index is 12.0. The number of carbonyl (C=O) groups excluding carboxylic acids is 1. The first-order valence-corrected chi connectivity index (χ1v) is 14.8. The molecule has 3 atom stereocenters. The molecule has 0 aromatic rings. The SMILES string of the molecule is CCCCCCCCCCCCCCC(C)COCC(COP(=O)(O)CCN(C)C)OC=O. The summed E-state index contributed by atoms with van der Waals surface area (Å²) in [4.78, 5) is 22.4. The Bertz CT molecular complexity index is 492. The van der Waals surface area contributed by atoms with Crippen LogP contribution in [-0.4, -0.2) is 69.0 Å². The minimum absolute atomic E-state index is 0.0325. The molecule has 0 radical (unpaired) electrons. The van der Waals surface area contributed by atoms with Crippen LogP contribution in [0.3, 0.4) is 0 Å². The van der Waals surface area contributed by atoms with Crippen LogP contribution in [0.15, 0.2) is 0 Å². The van der Waals surface area contributed by atoms with Gasteiger partial charge in [-0.25, -0.2) is 0 Å². The summed E-state index contributed by atoms with van der Waals surface area (Å²) in [6.45, 7) is 5.79. The summed E-state index contributed by atoms with van der Waals surface area (Å²) in [6, 6.07) is 0. The lowest BCUT2D eigenvalue weighted by molar-refractivity contribution is -0.139. The number of carbonyl (C=O) groups is 1. The molecule has 0 spiro atoms. The summed E-state index contributed by atoms with van der Waals surface area (Å²) < 4.78 is 27.8. The van der Waals surface area contributed by atoms with Crippen molar-refractivity contribution in [3.63, 3.8) is 0 Å². The van der Waals surface area contributed by atoms with E-state index in [1.807, 2.05) is 19.0 Å². The van der Waals surface area contributed by atoms with Crippen LogP contribution >= 0.6 is 7.60 Å². The highest BCUT2D eigenvalue weighted by Gasteiger charge is 2.22. The minimum atomic E-state index is -3.71. The Kier molecular flexibility index (Phi) is 21.7. The molecule has 0 rings (SSSR count). The first-order chi connectivity index (χ1) is 15.8. The third-order valence-corrected chi connectivity index (χ3v) is 7.11. The maximum atomic E-state index is 12.0. The second-order valence-corrected chi connectivity index (χ2v) is 11.6. The highest BCUT2D eigenvalue weighted by molar-refractivity contribution is 7.52. The van der Waals surface area contributed by atoms with Gasteiger partial charge in [-0.2, -0.15) is 0 Å². The van der Waals surface area contributed by atoms with E-state index >= 15 is 0 Å². The number of ether oxygens (including phenoxy) is 2. The normalized spacial score (nSPS) is 15.3. The quantitative estimate of drug-likeness (QED) is 0.0943. The van der Waals surface area contributed by atoms with E-state index in [0.29, 0.717) is 25.5 Å². The summed E-state index contributed by atoms with van der Waals surface area (Å²) in [7, 11) is -0.0573. The Morgan fingerprint density at radius 1 is 0.879 bits per heavy atom. The van der Waals surface area contributed by atoms with E-state index in [4.69, 9.17) is 14.0 Å². The Labute approximate surface area is 203 Å². The number of unbranched alkanes of at least 4 members (excludes halogenated alkanes) is 11. The predicted octanol–water partition coefficient (Wildman–Crippen LogP) is 6.04. The van der Waals surface area contributed by atoms with Crippen LogP contribution in [-0.2, 0) is 23.4 Å². The van der Waals surface area contributed by atoms with Gasteiger partial charge in [-0.15, -0.1) is 0 Å². The van der Waals surface area contributed by atoms with E-state index in [1.165, 1.54) is 77.0 Å². The average molecular weight is 494 g/mol. The fourth-order valence-corrected chi connectivity index (χ4v) is 4.79. The molecule has 198 valence electrons. The first-order valence-electron chi connectivity index (χ1n) is 13.1. The van der Waals surface area contributed by atoms with Crippen molar-refractivity contribution < 1.29 is 28.3 Å². The van der Waals surface area contributed by atoms with E-state index in [0.717, 1.165) is 6.42 Å². The van der Waals surface area contributed by atoms with Gasteiger partial charge in [-0.1, -0.05) is 90.9 Å². The summed E-state index contributed by atoms with van der Waals surface area (Å²) in [6.07, 6.45) is 16.6. The van der Waals surface area contributed by atoms with Crippen LogP contribution in [0.2, 0.25) is 0 Å². The van der Waals surface area contributed by atoms with Crippen molar-refractivity contribution in [1.82, 2.24) is 4.90 Å². The van der Waals surface area contributed by atoms with Crippen LogP contribution in [0.5, 0.6) is 0 Å². The van der Waals surface area contributed by atoms with Crippen LogP contribution in [0, 0.1) is 5.92 Å². The van der Waals surface area contributed by atoms with Gasteiger partial charge in [0.1, 0.15) is 6.10 Å². The summed E-state index contributed by atoms with van der Waals surface area (Å²) in [5.41, 5.74) is 0. The van der Waals surface area contributed by atoms with Gasteiger partial charge in [0.15, 0.2) is 0 Å². The molecule has 0 aliphatic rings. The molecule has 0 aromatic carbocycles. The fraction of sp³-hybridized carbons (Fsp3) is 0.960. The molecule has 0 saturated carbocycles. The molecule has 1 N–H and O–H groups in total. The van der Waals surface area contributed by atoms with E-state index in [2.05, 4.69) is 13.8 Å². The van der Waals surface area contributed by atoms with Crippen LogP contribution < -0.4 is 0 Å². The number of hydrogen-bond donors (Lipinski definition) is 1. The molecule has 0 saturated heterocycles. The molecule has 0 bridgehead atoms.